The standard InChI is InChI=1S/C14H20FNO/c1-5-9-14(3,4)16-13(17)11-8-6-7-10(2)12(11)15/h6-8H,5,9H2,1-4H3,(H,16,17). The summed E-state index contributed by atoms with van der Waals surface area (Å²) in [6, 6.07) is 4.86. The van der Waals surface area contributed by atoms with Gasteiger partial charge in [-0.05, 0) is 38.8 Å². The Morgan fingerprint density at radius 3 is 2.65 bits per heavy atom. The van der Waals surface area contributed by atoms with Crippen molar-refractivity contribution >= 4 is 5.91 Å². The van der Waals surface area contributed by atoms with E-state index in [9.17, 15) is 9.18 Å². The van der Waals surface area contributed by atoms with Crippen molar-refractivity contribution in [1.82, 2.24) is 5.32 Å². The maximum atomic E-state index is 13.8. The van der Waals surface area contributed by atoms with Gasteiger partial charge in [0.1, 0.15) is 5.82 Å². The number of benzene rings is 1. The summed E-state index contributed by atoms with van der Waals surface area (Å²) < 4.78 is 13.8. The molecule has 17 heavy (non-hydrogen) atoms. The number of halogens is 1. The SMILES string of the molecule is CCCC(C)(C)NC(=O)c1cccc(C)c1F. The Morgan fingerprint density at radius 2 is 2.06 bits per heavy atom. The van der Waals surface area contributed by atoms with Gasteiger partial charge < -0.3 is 5.32 Å². The average molecular weight is 237 g/mol. The summed E-state index contributed by atoms with van der Waals surface area (Å²) in [5.41, 5.74) is 0.308. The Morgan fingerprint density at radius 1 is 1.41 bits per heavy atom. The first-order valence-electron chi connectivity index (χ1n) is 5.95. The molecular formula is C14H20FNO. The van der Waals surface area contributed by atoms with Crippen molar-refractivity contribution in [1.29, 1.82) is 0 Å². The van der Waals surface area contributed by atoms with E-state index in [0.717, 1.165) is 12.8 Å². The van der Waals surface area contributed by atoms with Gasteiger partial charge in [-0.25, -0.2) is 4.39 Å². The van der Waals surface area contributed by atoms with Crippen LogP contribution in [0.5, 0.6) is 0 Å². The molecule has 1 aromatic carbocycles. The fourth-order valence-corrected chi connectivity index (χ4v) is 1.88. The minimum absolute atomic E-state index is 0.120. The third-order valence-electron chi connectivity index (χ3n) is 2.76. The predicted octanol–water partition coefficient (Wildman–Crippen LogP) is 3.44. The summed E-state index contributed by atoms with van der Waals surface area (Å²) in [5, 5.41) is 2.86. The lowest BCUT2D eigenvalue weighted by molar-refractivity contribution is 0.0904. The number of amides is 1. The summed E-state index contributed by atoms with van der Waals surface area (Å²) in [6.07, 6.45) is 1.84. The molecule has 0 unspecified atom stereocenters. The first-order valence-corrected chi connectivity index (χ1v) is 5.95. The minimum Gasteiger partial charge on any atom is -0.347 e. The van der Waals surface area contributed by atoms with Crippen molar-refractivity contribution in [3.63, 3.8) is 0 Å². The highest BCUT2D eigenvalue weighted by molar-refractivity contribution is 5.95. The second-order valence-electron chi connectivity index (χ2n) is 5.02. The lowest BCUT2D eigenvalue weighted by Crippen LogP contribution is -2.43. The second kappa shape index (κ2) is 5.30. The van der Waals surface area contributed by atoms with Gasteiger partial charge in [-0.1, -0.05) is 25.5 Å². The van der Waals surface area contributed by atoms with Gasteiger partial charge >= 0.3 is 0 Å². The van der Waals surface area contributed by atoms with Crippen LogP contribution in [0.1, 0.15) is 49.5 Å². The topological polar surface area (TPSA) is 29.1 Å². The van der Waals surface area contributed by atoms with Crippen LogP contribution in [-0.2, 0) is 0 Å². The number of nitrogens with one attached hydrogen (secondary N) is 1. The normalized spacial score (nSPS) is 11.4. The molecule has 0 saturated carbocycles. The van der Waals surface area contributed by atoms with Gasteiger partial charge in [-0.15, -0.1) is 0 Å². The van der Waals surface area contributed by atoms with E-state index in [1.165, 1.54) is 6.07 Å². The van der Waals surface area contributed by atoms with Gasteiger partial charge in [0.15, 0.2) is 0 Å². The van der Waals surface area contributed by atoms with Gasteiger partial charge in [-0.3, -0.25) is 4.79 Å². The van der Waals surface area contributed by atoms with Crippen LogP contribution in [0.2, 0.25) is 0 Å². The maximum Gasteiger partial charge on any atom is 0.254 e. The molecule has 0 aliphatic carbocycles. The molecule has 1 amide bonds. The fourth-order valence-electron chi connectivity index (χ4n) is 1.88. The number of carbonyl (C=O) groups excluding carboxylic acids is 1. The summed E-state index contributed by atoms with van der Waals surface area (Å²) >= 11 is 0. The molecule has 3 heteroatoms. The van der Waals surface area contributed by atoms with Crippen LogP contribution in [0.25, 0.3) is 0 Å². The Bertz CT molecular complexity index is 413. The number of hydrogen-bond donors (Lipinski definition) is 1. The van der Waals surface area contributed by atoms with Gasteiger partial charge in [0.05, 0.1) is 5.56 Å². The first-order chi connectivity index (χ1) is 7.87. The van der Waals surface area contributed by atoms with E-state index in [0.29, 0.717) is 5.56 Å². The molecule has 0 bridgehead atoms. The molecule has 0 saturated heterocycles. The quantitative estimate of drug-likeness (QED) is 0.854. The second-order valence-corrected chi connectivity index (χ2v) is 5.02. The molecule has 0 aliphatic rings. The van der Waals surface area contributed by atoms with Gasteiger partial charge in [0.25, 0.3) is 5.91 Å². The average Bonchev–Trinajstić information content (AvgIpc) is 2.21. The molecule has 0 radical (unpaired) electrons. The van der Waals surface area contributed by atoms with Gasteiger partial charge in [0, 0.05) is 5.54 Å². The number of hydrogen-bond acceptors (Lipinski definition) is 1. The molecular weight excluding hydrogens is 217 g/mol. The molecule has 0 fully saturated rings. The molecule has 0 heterocycles. The zero-order valence-corrected chi connectivity index (χ0v) is 10.9. The smallest absolute Gasteiger partial charge is 0.254 e. The summed E-state index contributed by atoms with van der Waals surface area (Å²) in [5.74, 6) is -0.776. The third-order valence-corrected chi connectivity index (χ3v) is 2.76. The van der Waals surface area contributed by atoms with Gasteiger partial charge in [0.2, 0.25) is 0 Å². The highest BCUT2D eigenvalue weighted by atomic mass is 19.1. The number of rotatable bonds is 4. The van der Waals surface area contributed by atoms with Crippen molar-refractivity contribution in [2.75, 3.05) is 0 Å². The highest BCUT2D eigenvalue weighted by Crippen LogP contribution is 2.15. The highest BCUT2D eigenvalue weighted by Gasteiger charge is 2.22. The van der Waals surface area contributed by atoms with Crippen LogP contribution in [0.15, 0.2) is 18.2 Å². The number of aryl methyl sites for hydroxylation is 1. The van der Waals surface area contributed by atoms with E-state index in [4.69, 9.17) is 0 Å². The summed E-state index contributed by atoms with van der Waals surface area (Å²) in [4.78, 5) is 12.0. The minimum atomic E-state index is -0.433. The maximum absolute atomic E-state index is 13.8. The van der Waals surface area contributed by atoms with Crippen molar-refractivity contribution < 1.29 is 9.18 Å². The van der Waals surface area contributed by atoms with Crippen LogP contribution in [-0.4, -0.2) is 11.4 Å². The van der Waals surface area contributed by atoms with Crippen LogP contribution < -0.4 is 5.32 Å². The summed E-state index contributed by atoms with van der Waals surface area (Å²) in [7, 11) is 0. The van der Waals surface area contributed by atoms with Crippen LogP contribution in [0.4, 0.5) is 4.39 Å². The monoisotopic (exact) mass is 237 g/mol. The van der Waals surface area contributed by atoms with E-state index in [-0.39, 0.29) is 17.0 Å². The molecule has 94 valence electrons. The molecule has 0 spiro atoms. The van der Waals surface area contributed by atoms with Crippen LogP contribution in [0, 0.1) is 12.7 Å². The Hall–Kier alpha value is -1.38. The first kappa shape index (κ1) is 13.7. The lowest BCUT2D eigenvalue weighted by atomic mass is 9.98. The lowest BCUT2D eigenvalue weighted by Gasteiger charge is -2.26. The Balaban J connectivity index is 2.87. The largest absolute Gasteiger partial charge is 0.347 e. The Labute approximate surface area is 102 Å². The Kier molecular flexibility index (Phi) is 4.27. The van der Waals surface area contributed by atoms with Crippen molar-refractivity contribution in [2.24, 2.45) is 0 Å². The zero-order valence-electron chi connectivity index (χ0n) is 10.9. The van der Waals surface area contributed by atoms with Crippen molar-refractivity contribution in [2.45, 2.75) is 46.1 Å². The van der Waals surface area contributed by atoms with Gasteiger partial charge in [-0.2, -0.15) is 0 Å². The molecule has 1 rings (SSSR count). The van der Waals surface area contributed by atoms with E-state index in [1.54, 1.807) is 19.1 Å². The zero-order chi connectivity index (χ0) is 13.1. The van der Waals surface area contributed by atoms with Crippen LogP contribution in [0.3, 0.4) is 0 Å². The predicted molar refractivity (Wildman–Crippen MR) is 67.6 cm³/mol. The van der Waals surface area contributed by atoms with Crippen LogP contribution >= 0.6 is 0 Å². The number of carbonyl (C=O) groups is 1. The van der Waals surface area contributed by atoms with E-state index < -0.39 is 5.82 Å². The molecule has 0 aliphatic heterocycles. The summed E-state index contributed by atoms with van der Waals surface area (Å²) in [6.45, 7) is 7.61. The van der Waals surface area contributed by atoms with Crippen molar-refractivity contribution in [3.05, 3.63) is 35.1 Å². The molecule has 2 nitrogen and oxygen atoms in total. The van der Waals surface area contributed by atoms with E-state index in [2.05, 4.69) is 12.2 Å². The molecule has 0 aromatic heterocycles. The third kappa shape index (κ3) is 3.55. The van der Waals surface area contributed by atoms with E-state index in [1.807, 2.05) is 13.8 Å². The van der Waals surface area contributed by atoms with Crippen molar-refractivity contribution in [3.8, 4) is 0 Å². The molecule has 1 N–H and O–H groups in total. The fraction of sp³-hybridized carbons (Fsp3) is 0.500. The molecule has 0 atom stereocenters. The van der Waals surface area contributed by atoms with E-state index >= 15 is 0 Å². The molecule has 1 aromatic rings.